The summed E-state index contributed by atoms with van der Waals surface area (Å²) in [6.07, 6.45) is 1.51. The molecule has 0 unspecified atom stereocenters. The third kappa shape index (κ3) is 2.32. The molecule has 2 N–H and O–H groups in total. The fraction of sp³-hybridized carbons (Fsp3) is 0. The van der Waals surface area contributed by atoms with Gasteiger partial charge in [0.15, 0.2) is 23.2 Å². The number of aromatic carboxylic acids is 1. The van der Waals surface area contributed by atoms with Crippen LogP contribution < -0.4 is 0 Å². The van der Waals surface area contributed by atoms with Crippen molar-refractivity contribution in [1.82, 2.24) is 15.0 Å². The monoisotopic (exact) mass is 301 g/mol. The normalized spacial score (nSPS) is 10.6. The molecule has 0 saturated heterocycles. The van der Waals surface area contributed by atoms with Crippen LogP contribution in [0.1, 0.15) is 10.5 Å². The quantitative estimate of drug-likeness (QED) is 0.779. The molecule has 3 rings (SSSR count). The number of nitrogens with zero attached hydrogens (tertiary/aromatic N) is 2. The van der Waals surface area contributed by atoms with Crippen LogP contribution in [0.4, 0.5) is 8.78 Å². The molecular formula is C15H9F2N3O2. The van der Waals surface area contributed by atoms with Crippen molar-refractivity contribution in [2.75, 3.05) is 0 Å². The third-order valence-electron chi connectivity index (χ3n) is 3.03. The van der Waals surface area contributed by atoms with E-state index < -0.39 is 23.3 Å². The number of imidazole rings is 1. The first kappa shape index (κ1) is 13.9. The van der Waals surface area contributed by atoms with Crippen molar-refractivity contribution in [3.8, 4) is 22.8 Å². The number of hydrogen-bond acceptors (Lipinski definition) is 3. The van der Waals surface area contributed by atoms with E-state index in [0.717, 1.165) is 6.07 Å². The number of rotatable bonds is 3. The van der Waals surface area contributed by atoms with Gasteiger partial charge in [0, 0.05) is 11.8 Å². The Labute approximate surface area is 123 Å². The minimum atomic E-state index is -1.35. The van der Waals surface area contributed by atoms with E-state index in [-0.39, 0.29) is 17.1 Å². The Morgan fingerprint density at radius 3 is 2.64 bits per heavy atom. The van der Waals surface area contributed by atoms with Crippen molar-refractivity contribution < 1.29 is 18.7 Å². The summed E-state index contributed by atoms with van der Waals surface area (Å²) < 4.78 is 27.3. The summed E-state index contributed by atoms with van der Waals surface area (Å²) in [5.74, 6) is -3.39. The lowest BCUT2D eigenvalue weighted by atomic mass is 10.1. The largest absolute Gasteiger partial charge is 0.476 e. The molecule has 1 aromatic carbocycles. The van der Waals surface area contributed by atoms with Crippen molar-refractivity contribution in [3.05, 3.63) is 59.9 Å². The molecule has 3 aromatic rings. The number of pyridine rings is 1. The Morgan fingerprint density at radius 2 is 1.95 bits per heavy atom. The maximum absolute atomic E-state index is 13.9. The summed E-state index contributed by atoms with van der Waals surface area (Å²) in [5, 5.41) is 9.23. The number of benzene rings is 1. The number of H-pyrrole nitrogens is 1. The topological polar surface area (TPSA) is 78.9 Å². The molecule has 0 atom stereocenters. The van der Waals surface area contributed by atoms with Crippen molar-refractivity contribution in [2.45, 2.75) is 0 Å². The van der Waals surface area contributed by atoms with Crippen LogP contribution in [0.2, 0.25) is 0 Å². The Kier molecular flexibility index (Phi) is 3.38. The Balaban J connectivity index is 2.21. The number of carboxylic acid groups (broad SMARTS) is 1. The summed E-state index contributed by atoms with van der Waals surface area (Å²) >= 11 is 0. The summed E-state index contributed by atoms with van der Waals surface area (Å²) in [7, 11) is 0. The van der Waals surface area contributed by atoms with Gasteiger partial charge in [0.05, 0.1) is 5.69 Å². The summed E-state index contributed by atoms with van der Waals surface area (Å²) in [5.41, 5.74) is -0.310. The SMILES string of the molecule is O=C(O)c1nc(-c2ccccn2)[nH]c1-c1cccc(F)c1F. The highest BCUT2D eigenvalue weighted by atomic mass is 19.2. The molecule has 7 heteroatoms. The highest BCUT2D eigenvalue weighted by Crippen LogP contribution is 2.28. The zero-order valence-corrected chi connectivity index (χ0v) is 11.0. The van der Waals surface area contributed by atoms with Gasteiger partial charge < -0.3 is 10.1 Å². The number of nitrogens with one attached hydrogen (secondary N) is 1. The number of carboxylic acids is 1. The second-order valence-corrected chi connectivity index (χ2v) is 4.43. The van der Waals surface area contributed by atoms with Gasteiger partial charge in [-0.05, 0) is 24.3 Å². The lowest BCUT2D eigenvalue weighted by molar-refractivity contribution is 0.0692. The van der Waals surface area contributed by atoms with Crippen molar-refractivity contribution in [2.24, 2.45) is 0 Å². The molecule has 110 valence electrons. The molecule has 0 aliphatic carbocycles. The number of aromatic amines is 1. The van der Waals surface area contributed by atoms with E-state index in [2.05, 4.69) is 15.0 Å². The van der Waals surface area contributed by atoms with Crippen molar-refractivity contribution >= 4 is 5.97 Å². The minimum Gasteiger partial charge on any atom is -0.476 e. The average molecular weight is 301 g/mol. The van der Waals surface area contributed by atoms with Crippen LogP contribution in [0, 0.1) is 11.6 Å². The van der Waals surface area contributed by atoms with Gasteiger partial charge in [-0.3, -0.25) is 4.98 Å². The lowest BCUT2D eigenvalue weighted by Crippen LogP contribution is -2.01. The predicted molar refractivity (Wildman–Crippen MR) is 74.1 cm³/mol. The van der Waals surface area contributed by atoms with Crippen molar-refractivity contribution in [1.29, 1.82) is 0 Å². The molecule has 22 heavy (non-hydrogen) atoms. The Bertz CT molecular complexity index is 847. The molecule has 2 heterocycles. The van der Waals surface area contributed by atoms with Gasteiger partial charge >= 0.3 is 5.97 Å². The molecule has 0 saturated carbocycles. The minimum absolute atomic E-state index is 0.106. The van der Waals surface area contributed by atoms with Crippen LogP contribution in [0.3, 0.4) is 0 Å². The first-order valence-corrected chi connectivity index (χ1v) is 6.27. The van der Waals surface area contributed by atoms with Gasteiger partial charge in [0.1, 0.15) is 5.69 Å². The number of carbonyl (C=O) groups is 1. The first-order valence-electron chi connectivity index (χ1n) is 6.27. The first-order chi connectivity index (χ1) is 10.6. The van der Waals surface area contributed by atoms with Gasteiger partial charge in [-0.25, -0.2) is 18.6 Å². The zero-order chi connectivity index (χ0) is 15.7. The molecule has 0 bridgehead atoms. The van der Waals surface area contributed by atoms with Crippen LogP contribution >= 0.6 is 0 Å². The zero-order valence-electron chi connectivity index (χ0n) is 11.0. The smallest absolute Gasteiger partial charge is 0.356 e. The number of halogens is 2. The standard InChI is InChI=1S/C15H9F2N3O2/c16-9-5-3-4-8(11(9)17)12-13(15(21)22)20-14(19-12)10-6-1-2-7-18-10/h1-7H,(H,19,20)(H,21,22). The maximum atomic E-state index is 13.9. The van der Waals surface area contributed by atoms with Gasteiger partial charge in [-0.1, -0.05) is 12.1 Å². The summed E-state index contributed by atoms with van der Waals surface area (Å²) in [6.45, 7) is 0. The summed E-state index contributed by atoms with van der Waals surface area (Å²) in [6, 6.07) is 8.54. The molecule has 0 radical (unpaired) electrons. The van der Waals surface area contributed by atoms with Gasteiger partial charge in [-0.2, -0.15) is 0 Å². The van der Waals surface area contributed by atoms with Gasteiger partial charge in [-0.15, -0.1) is 0 Å². The molecule has 5 nitrogen and oxygen atoms in total. The molecular weight excluding hydrogens is 292 g/mol. The molecule has 2 aromatic heterocycles. The van der Waals surface area contributed by atoms with E-state index >= 15 is 0 Å². The van der Waals surface area contributed by atoms with Gasteiger partial charge in [0.25, 0.3) is 0 Å². The van der Waals surface area contributed by atoms with Crippen LogP contribution in [0.5, 0.6) is 0 Å². The highest BCUT2D eigenvalue weighted by Gasteiger charge is 2.22. The van der Waals surface area contributed by atoms with Gasteiger partial charge in [0.2, 0.25) is 0 Å². The van der Waals surface area contributed by atoms with E-state index in [1.807, 2.05) is 0 Å². The predicted octanol–water partition coefficient (Wildman–Crippen LogP) is 3.12. The molecule has 0 fully saturated rings. The highest BCUT2D eigenvalue weighted by molar-refractivity contribution is 5.94. The Morgan fingerprint density at radius 1 is 1.14 bits per heavy atom. The van der Waals surface area contributed by atoms with E-state index in [0.29, 0.717) is 5.69 Å². The molecule has 0 amide bonds. The lowest BCUT2D eigenvalue weighted by Gasteiger charge is -2.02. The van der Waals surface area contributed by atoms with Crippen LogP contribution in [-0.4, -0.2) is 26.0 Å². The molecule has 0 spiro atoms. The second-order valence-electron chi connectivity index (χ2n) is 4.43. The average Bonchev–Trinajstić information content (AvgIpc) is 2.96. The Hall–Kier alpha value is -3.09. The fourth-order valence-electron chi connectivity index (χ4n) is 2.04. The molecule has 0 aliphatic rings. The summed E-state index contributed by atoms with van der Waals surface area (Å²) in [4.78, 5) is 22.0. The number of hydrogen-bond donors (Lipinski definition) is 2. The van der Waals surface area contributed by atoms with E-state index in [1.165, 1.54) is 18.3 Å². The van der Waals surface area contributed by atoms with E-state index in [4.69, 9.17) is 0 Å². The second kappa shape index (κ2) is 5.36. The number of aromatic nitrogens is 3. The molecule has 0 aliphatic heterocycles. The fourth-order valence-corrected chi connectivity index (χ4v) is 2.04. The van der Waals surface area contributed by atoms with Crippen LogP contribution in [0.25, 0.3) is 22.8 Å². The van der Waals surface area contributed by atoms with E-state index in [9.17, 15) is 18.7 Å². The van der Waals surface area contributed by atoms with Crippen LogP contribution in [0.15, 0.2) is 42.6 Å². The van der Waals surface area contributed by atoms with E-state index in [1.54, 1.807) is 18.2 Å². The maximum Gasteiger partial charge on any atom is 0.356 e. The van der Waals surface area contributed by atoms with Crippen molar-refractivity contribution in [3.63, 3.8) is 0 Å². The third-order valence-corrected chi connectivity index (χ3v) is 3.03. The van der Waals surface area contributed by atoms with Crippen LogP contribution in [-0.2, 0) is 0 Å².